The van der Waals surface area contributed by atoms with Crippen molar-refractivity contribution >= 4 is 53.4 Å². The van der Waals surface area contributed by atoms with Crippen LogP contribution in [0.2, 0.25) is 0 Å². The van der Waals surface area contributed by atoms with Gasteiger partial charge >= 0.3 is 0 Å². The minimum atomic E-state index is 0.581. The Morgan fingerprint density at radius 2 is 1.00 bits per heavy atom. The minimum absolute atomic E-state index is 0.581. The van der Waals surface area contributed by atoms with Crippen LogP contribution in [0.1, 0.15) is 0 Å². The predicted molar refractivity (Wildman–Crippen MR) is 182 cm³/mol. The summed E-state index contributed by atoms with van der Waals surface area (Å²) in [6.45, 7) is 0. The summed E-state index contributed by atoms with van der Waals surface area (Å²) in [6.07, 6.45) is 0. The highest BCUT2D eigenvalue weighted by Gasteiger charge is 2.18. The lowest BCUT2D eigenvalue weighted by atomic mass is 10.0. The zero-order chi connectivity index (χ0) is 29.0. The van der Waals surface area contributed by atoms with Crippen LogP contribution in [0.15, 0.2) is 144 Å². The molecular formula is C39H23N3OS. The van der Waals surface area contributed by atoms with Crippen LogP contribution >= 0.6 is 11.3 Å². The van der Waals surface area contributed by atoms with Gasteiger partial charge in [0, 0.05) is 42.1 Å². The lowest BCUT2D eigenvalue weighted by Crippen LogP contribution is -2.00. The molecule has 4 nitrogen and oxygen atoms in total. The van der Waals surface area contributed by atoms with Gasteiger partial charge in [-0.1, -0.05) is 103 Å². The molecule has 9 rings (SSSR count). The van der Waals surface area contributed by atoms with Gasteiger partial charge in [0.05, 0.1) is 5.56 Å². The van der Waals surface area contributed by atoms with Gasteiger partial charge in [-0.3, -0.25) is 0 Å². The molecule has 9 aromatic rings. The number of fused-ring (bicyclic) bond motifs is 6. The van der Waals surface area contributed by atoms with E-state index in [2.05, 4.69) is 72.8 Å². The average Bonchev–Trinajstić information content (AvgIpc) is 3.66. The summed E-state index contributed by atoms with van der Waals surface area (Å²) < 4.78 is 9.15. The Morgan fingerprint density at radius 1 is 0.409 bits per heavy atom. The molecule has 0 radical (unpaired) electrons. The number of benzene rings is 6. The Bertz CT molecular complexity index is 2440. The molecule has 0 spiro atoms. The van der Waals surface area contributed by atoms with Crippen LogP contribution in [-0.2, 0) is 0 Å². The zero-order valence-corrected chi connectivity index (χ0v) is 24.3. The summed E-state index contributed by atoms with van der Waals surface area (Å²) in [7, 11) is 0. The van der Waals surface area contributed by atoms with Crippen LogP contribution < -0.4 is 0 Å². The maximum Gasteiger partial charge on any atom is 0.167 e. The first-order valence-electron chi connectivity index (χ1n) is 14.5. The molecule has 5 heteroatoms. The molecule has 0 N–H and O–H groups in total. The van der Waals surface area contributed by atoms with Crippen LogP contribution in [0.4, 0.5) is 0 Å². The minimum Gasteiger partial charge on any atom is -0.455 e. The molecular weight excluding hydrogens is 559 g/mol. The number of hydrogen-bond donors (Lipinski definition) is 0. The van der Waals surface area contributed by atoms with Crippen molar-refractivity contribution in [3.05, 3.63) is 140 Å². The molecule has 3 heterocycles. The van der Waals surface area contributed by atoms with Gasteiger partial charge < -0.3 is 4.42 Å². The molecule has 0 unspecified atom stereocenters. The zero-order valence-electron chi connectivity index (χ0n) is 23.4. The van der Waals surface area contributed by atoms with E-state index < -0.39 is 0 Å². The number of thiophene rings is 1. The highest BCUT2D eigenvalue weighted by molar-refractivity contribution is 7.25. The van der Waals surface area contributed by atoms with Gasteiger partial charge in [0.15, 0.2) is 17.5 Å². The quantitative estimate of drug-likeness (QED) is 0.207. The highest BCUT2D eigenvalue weighted by Crippen LogP contribution is 2.40. The van der Waals surface area contributed by atoms with E-state index in [9.17, 15) is 0 Å². The summed E-state index contributed by atoms with van der Waals surface area (Å²) in [5.74, 6) is 1.83. The van der Waals surface area contributed by atoms with Crippen LogP contribution in [0.25, 0.3) is 87.4 Å². The van der Waals surface area contributed by atoms with Gasteiger partial charge in [-0.05, 0) is 47.5 Å². The molecule has 0 saturated carbocycles. The van der Waals surface area contributed by atoms with Crippen molar-refractivity contribution in [1.29, 1.82) is 0 Å². The van der Waals surface area contributed by atoms with Gasteiger partial charge in [-0.25, -0.2) is 15.0 Å². The molecule has 0 saturated heterocycles. The summed E-state index contributed by atoms with van der Waals surface area (Å²) in [5, 5.41) is 4.69. The van der Waals surface area contributed by atoms with Gasteiger partial charge in [-0.15, -0.1) is 11.3 Å². The highest BCUT2D eigenvalue weighted by atomic mass is 32.1. The van der Waals surface area contributed by atoms with E-state index in [1.807, 2.05) is 78.1 Å². The third kappa shape index (κ3) is 4.09. The van der Waals surface area contributed by atoms with Gasteiger partial charge in [-0.2, -0.15) is 0 Å². The number of para-hydroxylation sites is 1. The molecule has 0 bridgehead atoms. The smallest absolute Gasteiger partial charge is 0.167 e. The Labute approximate surface area is 256 Å². The second-order valence-electron chi connectivity index (χ2n) is 10.8. The number of aromatic nitrogens is 3. The lowest BCUT2D eigenvalue weighted by Gasteiger charge is -2.08. The standard InChI is InChI=1S/C39H23N3OS/c1-3-10-24(11-4-1)37-40-38(25-12-5-2-6-13-25)42-39(41-37)30-16-9-15-29-31-22-26(18-20-33(31)43-36(29)30)27-19-21-35-32(23-27)28-14-7-8-17-34(28)44-35/h1-23H. The van der Waals surface area contributed by atoms with Gasteiger partial charge in [0.25, 0.3) is 0 Å². The number of hydrogen-bond acceptors (Lipinski definition) is 5. The first-order chi connectivity index (χ1) is 21.8. The van der Waals surface area contributed by atoms with Crippen molar-refractivity contribution in [2.75, 3.05) is 0 Å². The molecule has 3 aromatic heterocycles. The van der Waals surface area contributed by atoms with Crippen molar-refractivity contribution < 1.29 is 4.42 Å². The summed E-state index contributed by atoms with van der Waals surface area (Å²) >= 11 is 1.84. The number of nitrogens with zero attached hydrogens (tertiary/aromatic N) is 3. The van der Waals surface area contributed by atoms with Crippen molar-refractivity contribution in [3.63, 3.8) is 0 Å². The molecule has 0 aliphatic rings. The maximum absolute atomic E-state index is 6.54. The Kier molecular flexibility index (Phi) is 5.64. The van der Waals surface area contributed by atoms with E-state index in [0.29, 0.717) is 17.5 Å². The monoisotopic (exact) mass is 581 g/mol. The van der Waals surface area contributed by atoms with Crippen LogP contribution in [0, 0.1) is 0 Å². The molecule has 6 aromatic carbocycles. The summed E-state index contributed by atoms with van der Waals surface area (Å²) in [6, 6.07) is 48.1. The fraction of sp³-hybridized carbons (Fsp3) is 0. The molecule has 0 atom stereocenters. The topological polar surface area (TPSA) is 51.8 Å². The van der Waals surface area contributed by atoms with E-state index in [1.54, 1.807) is 0 Å². The fourth-order valence-corrected chi connectivity index (χ4v) is 7.08. The summed E-state index contributed by atoms with van der Waals surface area (Å²) in [5.41, 5.74) is 6.65. The number of furan rings is 1. The van der Waals surface area contributed by atoms with E-state index >= 15 is 0 Å². The van der Waals surface area contributed by atoms with Gasteiger partial charge in [0.1, 0.15) is 11.2 Å². The first kappa shape index (κ1) is 24.9. The van der Waals surface area contributed by atoms with E-state index in [4.69, 9.17) is 19.4 Å². The normalized spacial score (nSPS) is 11.6. The second-order valence-corrected chi connectivity index (χ2v) is 11.9. The van der Waals surface area contributed by atoms with Crippen molar-refractivity contribution in [2.45, 2.75) is 0 Å². The second kappa shape index (κ2) is 9.97. The Balaban J connectivity index is 1.21. The molecule has 0 aliphatic heterocycles. The maximum atomic E-state index is 6.54. The summed E-state index contributed by atoms with van der Waals surface area (Å²) in [4.78, 5) is 14.8. The molecule has 0 amide bonds. The third-order valence-electron chi connectivity index (χ3n) is 8.15. The Morgan fingerprint density at radius 3 is 1.75 bits per heavy atom. The Hall–Kier alpha value is -5.65. The third-order valence-corrected chi connectivity index (χ3v) is 9.30. The van der Waals surface area contributed by atoms with Crippen LogP contribution in [0.3, 0.4) is 0 Å². The molecule has 0 aliphatic carbocycles. The first-order valence-corrected chi connectivity index (χ1v) is 15.3. The SMILES string of the molecule is c1ccc(-c2nc(-c3ccccc3)nc(-c3cccc4c3oc3ccc(-c5ccc6sc7ccccc7c6c5)cc34)n2)cc1. The van der Waals surface area contributed by atoms with Crippen LogP contribution in [-0.4, -0.2) is 15.0 Å². The number of rotatable bonds is 4. The van der Waals surface area contributed by atoms with E-state index in [-0.39, 0.29) is 0 Å². The largest absolute Gasteiger partial charge is 0.455 e. The molecule has 0 fully saturated rings. The lowest BCUT2D eigenvalue weighted by molar-refractivity contribution is 0.669. The van der Waals surface area contributed by atoms with E-state index in [0.717, 1.165) is 44.2 Å². The van der Waals surface area contributed by atoms with Crippen molar-refractivity contribution in [1.82, 2.24) is 15.0 Å². The van der Waals surface area contributed by atoms with Crippen molar-refractivity contribution in [3.8, 4) is 45.3 Å². The van der Waals surface area contributed by atoms with Gasteiger partial charge in [0.2, 0.25) is 0 Å². The van der Waals surface area contributed by atoms with Crippen molar-refractivity contribution in [2.24, 2.45) is 0 Å². The molecule has 206 valence electrons. The van der Waals surface area contributed by atoms with Crippen LogP contribution in [0.5, 0.6) is 0 Å². The fourth-order valence-electron chi connectivity index (χ4n) is 5.99. The van der Waals surface area contributed by atoms with E-state index in [1.165, 1.54) is 25.7 Å². The average molecular weight is 582 g/mol. The predicted octanol–water partition coefficient (Wildman–Crippen LogP) is 10.8. The molecule has 44 heavy (non-hydrogen) atoms.